The van der Waals surface area contributed by atoms with E-state index in [1.165, 1.54) is 11.8 Å². The Morgan fingerprint density at radius 1 is 1.11 bits per heavy atom. The minimum atomic E-state index is 0.0275. The van der Waals surface area contributed by atoms with Crippen LogP contribution in [-0.4, -0.2) is 39.3 Å². The molecule has 3 aromatic rings. The molecule has 28 heavy (non-hydrogen) atoms. The molecule has 8 heteroatoms. The van der Waals surface area contributed by atoms with E-state index < -0.39 is 0 Å². The van der Waals surface area contributed by atoms with Crippen molar-refractivity contribution in [2.45, 2.75) is 24.0 Å². The minimum Gasteiger partial charge on any atom is -0.454 e. The molecule has 1 aromatic heterocycles. The number of rotatable bonds is 6. The number of nitrogens with one attached hydrogen (secondary N) is 1. The second kappa shape index (κ2) is 7.20. The lowest BCUT2D eigenvalue weighted by Gasteiger charge is -2.10. The van der Waals surface area contributed by atoms with E-state index in [4.69, 9.17) is 9.47 Å². The van der Waals surface area contributed by atoms with E-state index in [1.54, 1.807) is 0 Å². The monoisotopic (exact) mass is 394 g/mol. The van der Waals surface area contributed by atoms with E-state index >= 15 is 0 Å². The molecule has 2 aliphatic rings. The van der Waals surface area contributed by atoms with Crippen LogP contribution in [0, 0.1) is 0 Å². The molecule has 0 unspecified atom stereocenters. The molecule has 1 aliphatic heterocycles. The summed E-state index contributed by atoms with van der Waals surface area (Å²) in [6.07, 6.45) is 2.15. The van der Waals surface area contributed by atoms with Crippen LogP contribution in [0.15, 0.2) is 53.7 Å². The number of hydrogen-bond donors (Lipinski definition) is 1. The maximum Gasteiger partial charge on any atom is 0.231 e. The highest BCUT2D eigenvalue weighted by Crippen LogP contribution is 2.37. The number of hydrogen-bond acceptors (Lipinski definition) is 6. The lowest BCUT2D eigenvalue weighted by Crippen LogP contribution is -2.27. The first-order valence-corrected chi connectivity index (χ1v) is 10.1. The summed E-state index contributed by atoms with van der Waals surface area (Å²) in [6, 6.07) is 15.9. The highest BCUT2D eigenvalue weighted by molar-refractivity contribution is 7.99. The van der Waals surface area contributed by atoms with E-state index in [9.17, 15) is 4.79 Å². The molecular weight excluding hydrogens is 376 g/mol. The van der Waals surface area contributed by atoms with Crippen LogP contribution < -0.4 is 14.8 Å². The number of thioether (sulfide) groups is 1. The van der Waals surface area contributed by atoms with E-state index in [1.807, 2.05) is 53.1 Å². The molecule has 7 nitrogen and oxygen atoms in total. The van der Waals surface area contributed by atoms with Crippen molar-refractivity contribution in [2.75, 3.05) is 12.5 Å². The molecule has 1 fully saturated rings. The van der Waals surface area contributed by atoms with E-state index in [0.29, 0.717) is 28.5 Å². The average Bonchev–Trinajstić information content (AvgIpc) is 3.25. The van der Waals surface area contributed by atoms with Gasteiger partial charge in [-0.15, -0.1) is 10.2 Å². The largest absolute Gasteiger partial charge is 0.454 e. The molecule has 0 spiro atoms. The number of amides is 1. The van der Waals surface area contributed by atoms with Gasteiger partial charge in [0.2, 0.25) is 12.7 Å². The molecule has 2 heterocycles. The van der Waals surface area contributed by atoms with Crippen LogP contribution in [0.2, 0.25) is 0 Å². The van der Waals surface area contributed by atoms with Gasteiger partial charge < -0.3 is 14.8 Å². The summed E-state index contributed by atoms with van der Waals surface area (Å²) in [5.41, 5.74) is 1.81. The van der Waals surface area contributed by atoms with Gasteiger partial charge in [0.25, 0.3) is 0 Å². The number of aromatic nitrogens is 3. The number of para-hydroxylation sites is 1. The van der Waals surface area contributed by atoms with Gasteiger partial charge in [0, 0.05) is 17.3 Å². The predicted octanol–water partition coefficient (Wildman–Crippen LogP) is 3.03. The third-order valence-corrected chi connectivity index (χ3v) is 5.48. The second-order valence-electron chi connectivity index (χ2n) is 6.68. The Morgan fingerprint density at radius 2 is 1.93 bits per heavy atom. The van der Waals surface area contributed by atoms with Gasteiger partial charge in [0.05, 0.1) is 5.75 Å². The molecule has 0 atom stereocenters. The third-order valence-electron chi connectivity index (χ3n) is 4.55. The highest BCUT2D eigenvalue weighted by atomic mass is 32.2. The summed E-state index contributed by atoms with van der Waals surface area (Å²) in [5.74, 6) is 2.44. The maximum absolute atomic E-state index is 12.1. The standard InChI is InChI=1S/C20H18N4O3S/c25-18(21-14-7-8-14)11-28-20-23-22-19(24(20)15-4-2-1-3-5-15)13-6-9-16-17(10-13)27-12-26-16/h1-6,9-10,14H,7-8,11-12H2,(H,21,25). The molecule has 0 bridgehead atoms. The topological polar surface area (TPSA) is 78.3 Å². The Labute approximate surface area is 166 Å². The summed E-state index contributed by atoms with van der Waals surface area (Å²) in [4.78, 5) is 12.1. The smallest absolute Gasteiger partial charge is 0.231 e. The van der Waals surface area contributed by atoms with Crippen molar-refractivity contribution in [2.24, 2.45) is 0 Å². The minimum absolute atomic E-state index is 0.0275. The van der Waals surface area contributed by atoms with Crippen LogP contribution in [0.1, 0.15) is 12.8 Å². The van der Waals surface area contributed by atoms with Crippen molar-refractivity contribution in [1.29, 1.82) is 0 Å². The van der Waals surface area contributed by atoms with Crippen LogP contribution in [-0.2, 0) is 4.79 Å². The predicted molar refractivity (Wildman–Crippen MR) is 105 cm³/mol. The van der Waals surface area contributed by atoms with Gasteiger partial charge >= 0.3 is 0 Å². The maximum atomic E-state index is 12.1. The van der Waals surface area contributed by atoms with Crippen molar-refractivity contribution in [3.63, 3.8) is 0 Å². The van der Waals surface area contributed by atoms with Crippen molar-refractivity contribution >= 4 is 17.7 Å². The molecule has 0 radical (unpaired) electrons. The van der Waals surface area contributed by atoms with Crippen LogP contribution in [0.25, 0.3) is 17.1 Å². The van der Waals surface area contributed by atoms with Gasteiger partial charge in [-0.25, -0.2) is 0 Å². The number of carbonyl (C=O) groups is 1. The van der Waals surface area contributed by atoms with E-state index in [0.717, 1.165) is 29.8 Å². The van der Waals surface area contributed by atoms with Crippen molar-refractivity contribution in [3.8, 4) is 28.6 Å². The molecule has 142 valence electrons. The lowest BCUT2D eigenvalue weighted by molar-refractivity contribution is -0.118. The number of benzene rings is 2. The van der Waals surface area contributed by atoms with Gasteiger partial charge in [-0.3, -0.25) is 9.36 Å². The molecule has 0 saturated heterocycles. The first-order valence-electron chi connectivity index (χ1n) is 9.11. The van der Waals surface area contributed by atoms with Crippen molar-refractivity contribution < 1.29 is 14.3 Å². The van der Waals surface area contributed by atoms with Gasteiger partial charge in [-0.1, -0.05) is 30.0 Å². The van der Waals surface area contributed by atoms with E-state index in [2.05, 4.69) is 15.5 Å². The number of carbonyl (C=O) groups excluding carboxylic acids is 1. The first-order chi connectivity index (χ1) is 13.8. The highest BCUT2D eigenvalue weighted by Gasteiger charge is 2.24. The van der Waals surface area contributed by atoms with Crippen molar-refractivity contribution in [1.82, 2.24) is 20.1 Å². The SMILES string of the molecule is O=C(CSc1nnc(-c2ccc3c(c2)OCO3)n1-c1ccccc1)NC1CC1. The molecule has 1 N–H and O–H groups in total. The van der Waals surface area contributed by atoms with Gasteiger partial charge in [-0.2, -0.15) is 0 Å². The lowest BCUT2D eigenvalue weighted by atomic mass is 10.2. The molecular formula is C20H18N4O3S. The molecule has 1 amide bonds. The average molecular weight is 394 g/mol. The fourth-order valence-electron chi connectivity index (χ4n) is 3.02. The summed E-state index contributed by atoms with van der Waals surface area (Å²) in [6.45, 7) is 0.224. The fraction of sp³-hybridized carbons (Fsp3) is 0.250. The number of nitrogens with zero attached hydrogens (tertiary/aromatic N) is 3. The number of ether oxygens (including phenoxy) is 2. The fourth-order valence-corrected chi connectivity index (χ4v) is 3.79. The zero-order valence-electron chi connectivity index (χ0n) is 15.0. The molecule has 2 aromatic carbocycles. The third kappa shape index (κ3) is 3.43. The van der Waals surface area contributed by atoms with Crippen LogP contribution in [0.3, 0.4) is 0 Å². The molecule has 5 rings (SSSR count). The van der Waals surface area contributed by atoms with Crippen LogP contribution in [0.4, 0.5) is 0 Å². The van der Waals surface area contributed by atoms with Crippen LogP contribution >= 0.6 is 11.8 Å². The second-order valence-corrected chi connectivity index (χ2v) is 7.62. The zero-order valence-corrected chi connectivity index (χ0v) is 15.8. The Kier molecular flexibility index (Phi) is 4.40. The summed E-state index contributed by atoms with van der Waals surface area (Å²) in [7, 11) is 0. The summed E-state index contributed by atoms with van der Waals surface area (Å²) >= 11 is 1.38. The summed E-state index contributed by atoms with van der Waals surface area (Å²) < 4.78 is 12.9. The Bertz CT molecular complexity index is 1020. The Hall–Kier alpha value is -3.00. The number of fused-ring (bicyclic) bond motifs is 1. The van der Waals surface area contributed by atoms with Gasteiger partial charge in [0.15, 0.2) is 22.5 Å². The summed E-state index contributed by atoms with van der Waals surface area (Å²) in [5, 5.41) is 12.4. The Morgan fingerprint density at radius 3 is 2.75 bits per heavy atom. The molecule has 1 saturated carbocycles. The van der Waals surface area contributed by atoms with Crippen LogP contribution in [0.5, 0.6) is 11.5 Å². The van der Waals surface area contributed by atoms with E-state index in [-0.39, 0.29) is 12.7 Å². The quantitative estimate of drug-likeness (QED) is 0.648. The van der Waals surface area contributed by atoms with Gasteiger partial charge in [0.1, 0.15) is 0 Å². The van der Waals surface area contributed by atoms with Crippen molar-refractivity contribution in [3.05, 3.63) is 48.5 Å². The normalized spacial score (nSPS) is 14.9. The Balaban J connectivity index is 1.48. The first kappa shape index (κ1) is 17.1. The zero-order chi connectivity index (χ0) is 18.9. The van der Waals surface area contributed by atoms with Gasteiger partial charge in [-0.05, 0) is 43.2 Å². The molecule has 1 aliphatic carbocycles.